The molecule has 19 heteroatoms. The van der Waals surface area contributed by atoms with E-state index in [9.17, 15) is 55.2 Å². The molecule has 4 rings (SSSR count). The highest BCUT2D eigenvalue weighted by atomic mass is 32.2. The zero-order valence-electron chi connectivity index (χ0n) is 25.9. The number of benzene rings is 1. The molecule has 2 amide bonds. The summed E-state index contributed by atoms with van der Waals surface area (Å²) >= 11 is 0.665. The summed E-state index contributed by atoms with van der Waals surface area (Å²) in [5.41, 5.74) is -0.876. The smallest absolute Gasteiger partial charge is 0.221 e. The first-order valence-corrected chi connectivity index (χ1v) is 16.0. The van der Waals surface area contributed by atoms with Crippen LogP contribution in [0.5, 0.6) is 0 Å². The summed E-state index contributed by atoms with van der Waals surface area (Å²) in [6.07, 6.45) is -19.5. The normalized spacial score (nSPS) is 40.2. The molecule has 3 aliphatic heterocycles. The van der Waals surface area contributed by atoms with Crippen molar-refractivity contribution in [3.63, 3.8) is 0 Å². The van der Waals surface area contributed by atoms with E-state index in [-0.39, 0.29) is 0 Å². The fourth-order valence-electron chi connectivity index (χ4n) is 5.70. The van der Waals surface area contributed by atoms with E-state index in [1.165, 1.54) is 6.92 Å². The lowest BCUT2D eigenvalue weighted by Gasteiger charge is -2.49. The van der Waals surface area contributed by atoms with Gasteiger partial charge >= 0.3 is 0 Å². The van der Waals surface area contributed by atoms with E-state index < -0.39 is 128 Å². The number of carbonyl (C=O) groups excluding carboxylic acids is 3. The van der Waals surface area contributed by atoms with Crippen LogP contribution in [0.1, 0.15) is 24.2 Å². The second-order valence-corrected chi connectivity index (χ2v) is 12.6. The minimum atomic E-state index is -1.87. The van der Waals surface area contributed by atoms with E-state index in [0.717, 1.165) is 6.92 Å². The van der Waals surface area contributed by atoms with E-state index in [1.807, 2.05) is 0 Å². The van der Waals surface area contributed by atoms with Gasteiger partial charge in [-0.05, 0) is 11.8 Å². The number of carbonyl (C=O) groups is 3. The van der Waals surface area contributed by atoms with Crippen molar-refractivity contribution in [2.75, 3.05) is 19.8 Å². The first kappa shape index (κ1) is 38.5. The van der Waals surface area contributed by atoms with Crippen molar-refractivity contribution in [2.45, 2.75) is 105 Å². The average molecular weight is 707 g/mol. The Bertz CT molecular complexity index is 1230. The van der Waals surface area contributed by atoms with Crippen LogP contribution in [-0.4, -0.2) is 169 Å². The number of rotatable bonds is 11. The fraction of sp³-hybridized carbons (Fsp3) is 0.690. The van der Waals surface area contributed by atoms with Crippen LogP contribution >= 0.6 is 11.8 Å². The van der Waals surface area contributed by atoms with Crippen LogP contribution in [-0.2, 0) is 33.3 Å². The molecule has 0 aromatic heterocycles. The molecule has 15 atom stereocenters. The second kappa shape index (κ2) is 17.1. The molecule has 1 aromatic carbocycles. The van der Waals surface area contributed by atoms with E-state index in [4.69, 9.17) is 23.7 Å². The van der Waals surface area contributed by atoms with Crippen LogP contribution in [0.25, 0.3) is 0 Å². The van der Waals surface area contributed by atoms with Gasteiger partial charge in [0.15, 0.2) is 12.6 Å². The topological polar surface area (TPSA) is 283 Å². The van der Waals surface area contributed by atoms with Crippen molar-refractivity contribution >= 4 is 28.7 Å². The molecule has 0 aliphatic carbocycles. The molecular formula is C29H42N2O16S. The fourth-order valence-corrected chi connectivity index (χ4v) is 6.76. The summed E-state index contributed by atoms with van der Waals surface area (Å²) in [5.74, 6) is -1.27. The zero-order valence-corrected chi connectivity index (χ0v) is 26.7. The number of aliphatic hydroxyl groups is 8. The van der Waals surface area contributed by atoms with Crippen LogP contribution in [0.2, 0.25) is 0 Å². The van der Waals surface area contributed by atoms with Gasteiger partial charge in [-0.3, -0.25) is 14.4 Å². The third-order valence-corrected chi connectivity index (χ3v) is 9.20. The Kier molecular flexibility index (Phi) is 13.7. The summed E-state index contributed by atoms with van der Waals surface area (Å²) in [5, 5.41) is 88.0. The molecule has 0 spiro atoms. The van der Waals surface area contributed by atoms with Crippen molar-refractivity contribution < 1.29 is 78.9 Å². The molecule has 1 aromatic rings. The molecule has 18 nitrogen and oxygen atoms in total. The first-order chi connectivity index (χ1) is 22.8. The van der Waals surface area contributed by atoms with Crippen LogP contribution < -0.4 is 10.6 Å². The van der Waals surface area contributed by atoms with Crippen LogP contribution in [0.4, 0.5) is 0 Å². The van der Waals surface area contributed by atoms with Gasteiger partial charge in [0.25, 0.3) is 0 Å². The number of amides is 2. The molecule has 10 N–H and O–H groups in total. The van der Waals surface area contributed by atoms with Gasteiger partial charge in [0.2, 0.25) is 16.9 Å². The molecule has 3 saturated heterocycles. The van der Waals surface area contributed by atoms with Crippen LogP contribution in [0.3, 0.4) is 0 Å². The Labute approximate surface area is 278 Å². The summed E-state index contributed by atoms with van der Waals surface area (Å²) in [7, 11) is 0. The molecule has 0 saturated carbocycles. The largest absolute Gasteiger partial charge is 0.394 e. The Morgan fingerprint density at radius 2 is 1.17 bits per heavy atom. The van der Waals surface area contributed by atoms with E-state index in [1.54, 1.807) is 30.3 Å². The molecule has 0 unspecified atom stereocenters. The number of hydrogen-bond donors (Lipinski definition) is 10. The number of hydrogen-bond acceptors (Lipinski definition) is 17. The lowest BCUT2D eigenvalue weighted by atomic mass is 9.94. The van der Waals surface area contributed by atoms with Gasteiger partial charge in [-0.25, -0.2) is 0 Å². The molecule has 0 bridgehead atoms. The van der Waals surface area contributed by atoms with E-state index in [0.29, 0.717) is 17.3 Å². The number of aliphatic hydroxyl groups excluding tert-OH is 8. The highest BCUT2D eigenvalue weighted by Gasteiger charge is 2.54. The van der Waals surface area contributed by atoms with Gasteiger partial charge in [0.1, 0.15) is 72.5 Å². The quantitative estimate of drug-likeness (QED) is 0.103. The second-order valence-electron chi connectivity index (χ2n) is 11.6. The maximum atomic E-state index is 13.0. The molecule has 3 fully saturated rings. The minimum Gasteiger partial charge on any atom is -0.394 e. The Morgan fingerprint density at radius 1 is 0.667 bits per heavy atom. The third kappa shape index (κ3) is 8.68. The molecular weight excluding hydrogens is 664 g/mol. The zero-order chi connectivity index (χ0) is 35.3. The standard InChI is InChI=1S/C29H42N2O16S/c1-11(35)30-17-20(38)24(47-28-23(41)22(40)19(37)14(8-32)43-28)15(9-33)44-27(17)46-25-16(10-34)45-29(18(21(25)39)31-12(2)36)48-26(42)13-6-4-3-5-7-13/h3-7,14-25,27-29,32-34,37-41H,8-10H2,1-2H3,(H,30,35)(H,31,36)/t14-,15-,16-,17-,18-,19+,20-,21-,22+,23-,24-,25-,27+,28+,29+/m1/s1. The van der Waals surface area contributed by atoms with E-state index >= 15 is 0 Å². The molecule has 270 valence electrons. The predicted octanol–water partition coefficient (Wildman–Crippen LogP) is -4.70. The van der Waals surface area contributed by atoms with Crippen molar-refractivity contribution in [3.05, 3.63) is 35.9 Å². The van der Waals surface area contributed by atoms with E-state index in [2.05, 4.69) is 10.6 Å². The SMILES string of the molecule is CC(=O)N[C@@H]1[C@@H](O)[C@H](O[C@@H]2O[C@H](CO)[C@@H](O[C@@H]3O[C@H](CO)[C@H](O)[C@H](O)[C@H]3O)[C@H](O)[C@H]2NC(C)=O)[C@@H](CO)O[C@H]1SC(=O)c1ccccc1. The highest BCUT2D eigenvalue weighted by Crippen LogP contribution is 2.35. The van der Waals surface area contributed by atoms with Crippen LogP contribution in [0.15, 0.2) is 30.3 Å². The molecule has 3 heterocycles. The number of nitrogens with one attached hydrogen (secondary N) is 2. The van der Waals surface area contributed by atoms with Crippen molar-refractivity contribution in [2.24, 2.45) is 0 Å². The lowest BCUT2D eigenvalue weighted by Crippen LogP contribution is -2.70. The van der Waals surface area contributed by atoms with Gasteiger partial charge < -0.3 is 75.2 Å². The highest BCUT2D eigenvalue weighted by molar-refractivity contribution is 8.14. The molecule has 48 heavy (non-hydrogen) atoms. The van der Waals surface area contributed by atoms with Gasteiger partial charge in [-0.15, -0.1) is 0 Å². The van der Waals surface area contributed by atoms with Gasteiger partial charge in [0, 0.05) is 19.4 Å². The predicted molar refractivity (Wildman–Crippen MR) is 161 cm³/mol. The van der Waals surface area contributed by atoms with Crippen molar-refractivity contribution in [3.8, 4) is 0 Å². The third-order valence-electron chi connectivity index (χ3n) is 8.11. The van der Waals surface area contributed by atoms with Gasteiger partial charge in [0.05, 0.1) is 25.9 Å². The van der Waals surface area contributed by atoms with Gasteiger partial charge in [-0.2, -0.15) is 0 Å². The molecule has 0 radical (unpaired) electrons. The average Bonchev–Trinajstić information content (AvgIpc) is 3.06. The molecule has 3 aliphatic rings. The Morgan fingerprint density at radius 3 is 1.73 bits per heavy atom. The van der Waals surface area contributed by atoms with Crippen LogP contribution in [0, 0.1) is 0 Å². The monoisotopic (exact) mass is 706 g/mol. The number of thioether (sulfide) groups is 1. The first-order valence-electron chi connectivity index (χ1n) is 15.1. The van der Waals surface area contributed by atoms with Crippen molar-refractivity contribution in [1.29, 1.82) is 0 Å². The Balaban J connectivity index is 1.57. The summed E-state index contributed by atoms with van der Waals surface area (Å²) < 4.78 is 28.8. The lowest BCUT2D eigenvalue weighted by molar-refractivity contribution is -0.356. The maximum absolute atomic E-state index is 13.0. The summed E-state index contributed by atoms with van der Waals surface area (Å²) in [6.45, 7) is -0.0657. The maximum Gasteiger partial charge on any atom is 0.221 e. The summed E-state index contributed by atoms with van der Waals surface area (Å²) in [4.78, 5) is 37.3. The number of ether oxygens (including phenoxy) is 5. The minimum absolute atomic E-state index is 0.319. The Hall–Kier alpha value is -2.34. The van der Waals surface area contributed by atoms with Crippen molar-refractivity contribution in [1.82, 2.24) is 10.6 Å². The summed E-state index contributed by atoms with van der Waals surface area (Å²) in [6, 6.07) is 5.39. The van der Waals surface area contributed by atoms with Gasteiger partial charge in [-0.1, -0.05) is 30.3 Å².